The Morgan fingerprint density at radius 3 is 2.22 bits per heavy atom. The van der Waals surface area contributed by atoms with Gasteiger partial charge in [-0.3, -0.25) is 4.79 Å². The molecule has 1 heterocycles. The Bertz CT molecular complexity index is 147. The van der Waals surface area contributed by atoms with Crippen molar-refractivity contribution in [2.45, 2.75) is 12.5 Å². The van der Waals surface area contributed by atoms with Crippen LogP contribution >= 0.6 is 0 Å². The summed E-state index contributed by atoms with van der Waals surface area (Å²) < 4.78 is 4.07. The molecule has 1 fully saturated rings. The van der Waals surface area contributed by atoms with Crippen LogP contribution in [-0.4, -0.2) is 18.0 Å². The number of esters is 2. The van der Waals surface area contributed by atoms with Crippen molar-refractivity contribution in [1.82, 2.24) is 0 Å². The van der Waals surface area contributed by atoms with Crippen LogP contribution in [0, 0.1) is 6.15 Å². The molecule has 0 spiro atoms. The van der Waals surface area contributed by atoms with Gasteiger partial charge in [0.1, 0.15) is 6.04 Å². The fourth-order valence-electron chi connectivity index (χ4n) is 0.492. The smallest absolute Gasteiger partial charge is 0.331 e. The molecule has 0 aliphatic carbocycles. The predicted molar refractivity (Wildman–Crippen MR) is 23.7 cm³/mol. The Hall–Kier alpha value is -0.991. The Labute approximate surface area is 51.7 Å². The van der Waals surface area contributed by atoms with Gasteiger partial charge in [0.2, 0.25) is 0 Å². The van der Waals surface area contributed by atoms with Crippen LogP contribution in [0.3, 0.4) is 0 Å². The quantitative estimate of drug-likeness (QED) is 0.334. The normalized spacial score (nSPS) is 25.2. The maximum Gasteiger partial charge on any atom is 0.331 e. The van der Waals surface area contributed by atoms with Crippen LogP contribution in [-0.2, 0) is 14.3 Å². The fraction of sp³-hybridized carbons (Fsp3) is 0.500. The minimum atomic E-state index is -0.720. The molecule has 5 heteroatoms. The summed E-state index contributed by atoms with van der Waals surface area (Å²) in [4.78, 5) is 20.4. The topological polar surface area (TPSA) is 69.4 Å². The molecule has 0 unspecified atom stereocenters. The van der Waals surface area contributed by atoms with Gasteiger partial charge in [0, 0.05) is 6.15 Å². The molecule has 0 amide bonds. The zero-order chi connectivity index (χ0) is 6.15. The summed E-state index contributed by atoms with van der Waals surface area (Å²) in [6.07, 6.45) is 0.0266. The van der Waals surface area contributed by atoms with E-state index in [0.717, 1.165) is 0 Å². The first-order chi connectivity index (χ1) is 3.70. The maximum atomic E-state index is 10.2. The van der Waals surface area contributed by atoms with E-state index in [9.17, 15) is 9.59 Å². The van der Waals surface area contributed by atoms with E-state index in [1.807, 2.05) is 0 Å². The maximum absolute atomic E-state index is 10.2. The second-order valence-electron chi connectivity index (χ2n) is 1.60. The molecule has 0 aromatic rings. The first-order valence-electron chi connectivity index (χ1n) is 2.20. The largest absolute Gasteiger partial charge is 0.392 e. The summed E-state index contributed by atoms with van der Waals surface area (Å²) in [5.41, 5.74) is 5.07. The molecule has 2 N–H and O–H groups in total. The number of ether oxygens (including phenoxy) is 1. The Kier molecular flexibility index (Phi) is 2.25. The number of rotatable bonds is 0. The molecular formula is C4H5NNeO3. The van der Waals surface area contributed by atoms with E-state index in [4.69, 9.17) is 5.73 Å². The Morgan fingerprint density at radius 1 is 1.56 bits per heavy atom. The third-order valence-electron chi connectivity index (χ3n) is 0.904. The van der Waals surface area contributed by atoms with Gasteiger partial charge >= 0.3 is 11.9 Å². The van der Waals surface area contributed by atoms with Gasteiger partial charge < -0.3 is 10.5 Å². The van der Waals surface area contributed by atoms with Crippen LogP contribution < -0.4 is 5.73 Å². The van der Waals surface area contributed by atoms with Crippen molar-refractivity contribution < 1.29 is 20.5 Å². The van der Waals surface area contributed by atoms with Crippen LogP contribution in [0.1, 0.15) is 6.42 Å². The minimum Gasteiger partial charge on any atom is -0.392 e. The van der Waals surface area contributed by atoms with Crippen molar-refractivity contribution in [2.24, 2.45) is 5.73 Å². The first kappa shape index (κ1) is 8.01. The second kappa shape index (κ2) is 2.53. The van der Waals surface area contributed by atoms with Crippen LogP contribution in [0.25, 0.3) is 0 Å². The molecule has 1 atom stereocenters. The van der Waals surface area contributed by atoms with Crippen LogP contribution in [0.5, 0.6) is 0 Å². The molecule has 1 aliphatic rings. The number of nitrogens with two attached hydrogens (primary N) is 1. The Morgan fingerprint density at radius 2 is 2.11 bits per heavy atom. The van der Waals surface area contributed by atoms with Gasteiger partial charge in [0.25, 0.3) is 0 Å². The van der Waals surface area contributed by atoms with Gasteiger partial charge in [0.15, 0.2) is 0 Å². The summed E-state index contributed by atoms with van der Waals surface area (Å²) in [5.74, 6) is -1.14. The average molecular weight is 135 g/mol. The monoisotopic (exact) mass is 135 g/mol. The third kappa shape index (κ3) is 1.45. The van der Waals surface area contributed by atoms with Crippen LogP contribution in [0.15, 0.2) is 0 Å². The molecule has 0 aromatic heterocycles. The second-order valence-corrected chi connectivity index (χ2v) is 1.60. The Balaban J connectivity index is 0.000000640. The molecule has 0 bridgehead atoms. The predicted octanol–water partition coefficient (Wildman–Crippen LogP) is -1.21. The SMILES string of the molecule is N[C@H]1CC(=O)OC1=O.[Ne]. The third-order valence-corrected chi connectivity index (χ3v) is 0.904. The van der Waals surface area contributed by atoms with Crippen LogP contribution in [0.4, 0.5) is 0 Å². The van der Waals surface area contributed by atoms with E-state index in [2.05, 4.69) is 4.74 Å². The van der Waals surface area contributed by atoms with Crippen molar-refractivity contribution in [1.29, 1.82) is 0 Å². The zero-order valence-corrected chi connectivity index (χ0v) is 4.44. The van der Waals surface area contributed by atoms with Crippen molar-refractivity contribution >= 4 is 11.9 Å². The molecule has 1 rings (SSSR count). The van der Waals surface area contributed by atoms with Crippen molar-refractivity contribution in [3.05, 3.63) is 0 Å². The number of carbonyl (C=O) groups is 2. The van der Waals surface area contributed by atoms with Gasteiger partial charge in [-0.05, 0) is 0 Å². The van der Waals surface area contributed by atoms with E-state index < -0.39 is 18.0 Å². The van der Waals surface area contributed by atoms with Crippen molar-refractivity contribution in [3.8, 4) is 0 Å². The summed E-state index contributed by atoms with van der Waals surface area (Å²) >= 11 is 0. The van der Waals surface area contributed by atoms with E-state index in [1.54, 1.807) is 0 Å². The van der Waals surface area contributed by atoms with Gasteiger partial charge in [-0.1, -0.05) is 0 Å². The minimum absolute atomic E-state index is 0. The average Bonchev–Trinajstić information content (AvgIpc) is 1.85. The first-order valence-corrected chi connectivity index (χ1v) is 2.20. The number of carbonyl (C=O) groups excluding carboxylic acids is 2. The standard InChI is InChI=1S/C4H5NO3.Ne/c5-2-1-3(6)8-4(2)7;/h2H,1,5H2;/t2-;/m0./s1. The van der Waals surface area contributed by atoms with E-state index in [1.165, 1.54) is 0 Å². The number of cyclic esters (lactones) is 2. The van der Waals surface area contributed by atoms with Gasteiger partial charge in [-0.25, -0.2) is 4.79 Å². The number of hydrogen-bond donors (Lipinski definition) is 1. The molecular weight excluding hydrogens is 130 g/mol. The van der Waals surface area contributed by atoms with Crippen LogP contribution in [0.2, 0.25) is 0 Å². The molecule has 0 aromatic carbocycles. The summed E-state index contributed by atoms with van der Waals surface area (Å²) in [6.45, 7) is 0. The summed E-state index contributed by atoms with van der Waals surface area (Å²) in [5, 5.41) is 0. The summed E-state index contributed by atoms with van der Waals surface area (Å²) in [7, 11) is 0. The molecule has 52 valence electrons. The van der Waals surface area contributed by atoms with E-state index >= 15 is 0 Å². The van der Waals surface area contributed by atoms with Crippen molar-refractivity contribution in [2.75, 3.05) is 0 Å². The van der Waals surface area contributed by atoms with E-state index in [-0.39, 0.29) is 12.6 Å². The zero-order valence-electron chi connectivity index (χ0n) is 4.44. The van der Waals surface area contributed by atoms with Gasteiger partial charge in [-0.15, -0.1) is 0 Å². The van der Waals surface area contributed by atoms with Crippen molar-refractivity contribution in [3.63, 3.8) is 0 Å². The molecule has 4 nitrogen and oxygen atoms in total. The van der Waals surface area contributed by atoms with E-state index in [0.29, 0.717) is 0 Å². The van der Waals surface area contributed by atoms with Gasteiger partial charge in [-0.2, -0.15) is 0 Å². The molecule has 0 saturated carbocycles. The molecule has 1 saturated heterocycles. The summed E-state index contributed by atoms with van der Waals surface area (Å²) in [6, 6.07) is -0.720. The fourth-order valence-corrected chi connectivity index (χ4v) is 0.492. The molecule has 1 aliphatic heterocycles. The number of hydrogen-bond acceptors (Lipinski definition) is 4. The molecule has 0 radical (unpaired) electrons. The molecule has 9 heavy (non-hydrogen) atoms. The van der Waals surface area contributed by atoms with Gasteiger partial charge in [0.05, 0.1) is 6.42 Å².